The summed E-state index contributed by atoms with van der Waals surface area (Å²) in [5, 5.41) is 26.4. The molecule has 11 atom stereocenters. The SMILES string of the molecule is CCCCCCCC(=O)N[C@H]1CC[C@]2(C)[C@H]3C[C@@H](O)[C@@H]4[C@@H]([C@]5(C)CC[C@H](C(C)(C)O)O5)CC[C@@]4(C)[C@]3(C)CC[C@H]2C1(C)C. The fourth-order valence-corrected chi connectivity index (χ4v) is 12.5. The summed E-state index contributed by atoms with van der Waals surface area (Å²) in [5.74, 6) is 1.82. The first-order chi connectivity index (χ1) is 19.9. The molecule has 43 heavy (non-hydrogen) atoms. The minimum atomic E-state index is -0.839. The van der Waals surface area contributed by atoms with Gasteiger partial charge in [0.15, 0.2) is 0 Å². The van der Waals surface area contributed by atoms with E-state index in [-0.39, 0.29) is 57.3 Å². The first-order valence-corrected chi connectivity index (χ1v) is 18.3. The number of rotatable bonds is 9. The minimum Gasteiger partial charge on any atom is -0.393 e. The highest BCUT2D eigenvalue weighted by atomic mass is 16.5. The van der Waals surface area contributed by atoms with Crippen molar-refractivity contribution in [2.75, 3.05) is 0 Å². The fourth-order valence-electron chi connectivity index (χ4n) is 12.5. The van der Waals surface area contributed by atoms with Gasteiger partial charge in [-0.2, -0.15) is 0 Å². The molecule has 1 saturated heterocycles. The number of ether oxygens (including phenoxy) is 1. The molecule has 0 unspecified atom stereocenters. The van der Waals surface area contributed by atoms with Crippen molar-refractivity contribution < 1.29 is 19.7 Å². The average molecular weight is 602 g/mol. The molecule has 1 heterocycles. The number of aliphatic hydroxyl groups is 2. The van der Waals surface area contributed by atoms with E-state index in [1.54, 1.807) is 0 Å². The quantitative estimate of drug-likeness (QED) is 0.233. The van der Waals surface area contributed by atoms with Crippen LogP contribution in [0.2, 0.25) is 0 Å². The van der Waals surface area contributed by atoms with Gasteiger partial charge in [-0.05, 0) is 130 Å². The van der Waals surface area contributed by atoms with Crippen LogP contribution < -0.4 is 5.32 Å². The van der Waals surface area contributed by atoms with Crippen molar-refractivity contribution in [3.05, 3.63) is 0 Å². The van der Waals surface area contributed by atoms with Crippen LogP contribution in [0.3, 0.4) is 0 Å². The predicted octanol–water partition coefficient (Wildman–Crippen LogP) is 8.20. The van der Waals surface area contributed by atoms with E-state index in [1.807, 2.05) is 13.8 Å². The maximum atomic E-state index is 13.0. The van der Waals surface area contributed by atoms with Crippen LogP contribution in [0, 0.1) is 45.3 Å². The molecule has 5 aliphatic rings. The lowest BCUT2D eigenvalue weighted by molar-refractivity contribution is -0.240. The van der Waals surface area contributed by atoms with Gasteiger partial charge in [0.05, 0.1) is 23.4 Å². The Bertz CT molecular complexity index is 1020. The molecule has 0 aromatic heterocycles. The van der Waals surface area contributed by atoms with Gasteiger partial charge in [0, 0.05) is 12.5 Å². The molecule has 5 rings (SSSR count). The molecule has 248 valence electrons. The van der Waals surface area contributed by atoms with Crippen LogP contribution in [-0.4, -0.2) is 45.6 Å². The van der Waals surface area contributed by atoms with Crippen molar-refractivity contribution in [2.24, 2.45) is 45.3 Å². The summed E-state index contributed by atoms with van der Waals surface area (Å²) >= 11 is 0. The lowest BCUT2D eigenvalue weighted by Gasteiger charge is -2.71. The third-order valence-corrected chi connectivity index (χ3v) is 15.2. The van der Waals surface area contributed by atoms with Gasteiger partial charge in [0.1, 0.15) is 0 Å². The molecular weight excluding hydrogens is 534 g/mol. The van der Waals surface area contributed by atoms with Crippen LogP contribution in [0.4, 0.5) is 0 Å². The molecule has 0 aromatic carbocycles. The molecule has 1 amide bonds. The number of fused-ring (bicyclic) bond motifs is 5. The van der Waals surface area contributed by atoms with E-state index >= 15 is 0 Å². The maximum Gasteiger partial charge on any atom is 0.220 e. The van der Waals surface area contributed by atoms with Crippen LogP contribution >= 0.6 is 0 Å². The zero-order valence-corrected chi connectivity index (χ0v) is 29.4. The Morgan fingerprint density at radius 2 is 1.53 bits per heavy atom. The van der Waals surface area contributed by atoms with E-state index in [1.165, 1.54) is 32.1 Å². The molecule has 3 N–H and O–H groups in total. The van der Waals surface area contributed by atoms with Gasteiger partial charge < -0.3 is 20.3 Å². The standard InChI is InChI=1S/C38H67NO4/c1-10-11-12-13-14-15-31(41)39-29-18-20-35(6)27(33(29,2)3)17-22-36(7)28(35)24-26(40)32-25(16-21-37(32,36)8)38(9)23-19-30(43-38)34(4,5)42/h25-30,32,40,42H,10-24H2,1-9H3,(H,39,41)/t25-,26+,27-,28+,29-,30+,32-,35-,36+,37+,38-/m0/s1. The number of hydrogen-bond acceptors (Lipinski definition) is 4. The molecular formula is C38H67NO4. The molecule has 5 nitrogen and oxygen atoms in total. The van der Waals surface area contributed by atoms with Crippen LogP contribution in [-0.2, 0) is 9.53 Å². The van der Waals surface area contributed by atoms with Crippen LogP contribution in [0.25, 0.3) is 0 Å². The van der Waals surface area contributed by atoms with E-state index < -0.39 is 5.60 Å². The summed E-state index contributed by atoms with van der Waals surface area (Å²) in [7, 11) is 0. The van der Waals surface area contributed by atoms with Gasteiger partial charge in [-0.1, -0.05) is 67.2 Å². The molecule has 5 heteroatoms. The minimum absolute atomic E-state index is 0.0321. The highest BCUT2D eigenvalue weighted by Crippen LogP contribution is 2.76. The zero-order valence-electron chi connectivity index (χ0n) is 29.4. The molecule has 0 aromatic rings. The number of carbonyl (C=O) groups excluding carboxylic acids is 1. The van der Waals surface area contributed by atoms with E-state index in [2.05, 4.69) is 53.8 Å². The van der Waals surface area contributed by atoms with Crippen molar-refractivity contribution >= 4 is 5.91 Å². The number of carbonyl (C=O) groups is 1. The number of aliphatic hydroxyl groups excluding tert-OH is 1. The van der Waals surface area contributed by atoms with Gasteiger partial charge in [-0.3, -0.25) is 4.79 Å². The number of unbranched alkanes of at least 4 members (excludes halogenated alkanes) is 4. The predicted molar refractivity (Wildman–Crippen MR) is 175 cm³/mol. The number of hydrogen-bond donors (Lipinski definition) is 3. The summed E-state index contributed by atoms with van der Waals surface area (Å²) in [6.45, 7) is 20.8. The maximum absolute atomic E-state index is 13.0. The first kappa shape index (κ1) is 33.7. The summed E-state index contributed by atoms with van der Waals surface area (Å²) < 4.78 is 6.73. The third-order valence-electron chi connectivity index (χ3n) is 15.2. The Hall–Kier alpha value is -0.650. The van der Waals surface area contributed by atoms with Crippen LogP contribution in [0.5, 0.6) is 0 Å². The molecule has 4 saturated carbocycles. The molecule has 0 radical (unpaired) electrons. The van der Waals surface area contributed by atoms with Gasteiger partial charge in [0.25, 0.3) is 0 Å². The number of amides is 1. The second kappa shape index (κ2) is 11.5. The van der Waals surface area contributed by atoms with Crippen molar-refractivity contribution in [1.29, 1.82) is 0 Å². The van der Waals surface area contributed by atoms with Crippen molar-refractivity contribution in [2.45, 2.75) is 188 Å². The fraction of sp³-hybridized carbons (Fsp3) is 0.974. The molecule has 1 aliphatic heterocycles. The van der Waals surface area contributed by atoms with E-state index in [0.717, 1.165) is 57.8 Å². The lowest BCUT2D eigenvalue weighted by Crippen LogP contribution is -2.67. The van der Waals surface area contributed by atoms with Gasteiger partial charge in [-0.25, -0.2) is 0 Å². The summed E-state index contributed by atoms with van der Waals surface area (Å²) in [6.07, 6.45) is 15.7. The second-order valence-electron chi connectivity index (χ2n) is 18.2. The van der Waals surface area contributed by atoms with Gasteiger partial charge in [-0.15, -0.1) is 0 Å². The summed E-state index contributed by atoms with van der Waals surface area (Å²) in [5.41, 5.74) is -0.692. The van der Waals surface area contributed by atoms with Crippen LogP contribution in [0.15, 0.2) is 0 Å². The molecule has 4 aliphatic carbocycles. The smallest absolute Gasteiger partial charge is 0.220 e. The Balaban J connectivity index is 1.33. The topological polar surface area (TPSA) is 78.8 Å². The van der Waals surface area contributed by atoms with E-state index in [0.29, 0.717) is 24.2 Å². The molecule has 5 fully saturated rings. The Morgan fingerprint density at radius 3 is 2.19 bits per heavy atom. The largest absolute Gasteiger partial charge is 0.393 e. The Kier molecular flexibility index (Phi) is 9.05. The zero-order chi connectivity index (χ0) is 31.6. The van der Waals surface area contributed by atoms with Gasteiger partial charge in [0.2, 0.25) is 5.91 Å². The third kappa shape index (κ3) is 5.45. The highest BCUT2D eigenvalue weighted by molar-refractivity contribution is 5.76. The van der Waals surface area contributed by atoms with E-state index in [4.69, 9.17) is 4.74 Å². The second-order valence-corrected chi connectivity index (χ2v) is 18.2. The molecule has 0 bridgehead atoms. The summed E-state index contributed by atoms with van der Waals surface area (Å²) in [4.78, 5) is 13.0. The Morgan fingerprint density at radius 1 is 0.860 bits per heavy atom. The average Bonchev–Trinajstić information content (AvgIpc) is 3.50. The summed E-state index contributed by atoms with van der Waals surface area (Å²) in [6, 6.07) is 0.231. The Labute approximate surface area is 264 Å². The lowest BCUT2D eigenvalue weighted by atomic mass is 9.35. The normalized spacial score (nSPS) is 47.5. The first-order valence-electron chi connectivity index (χ1n) is 18.3. The van der Waals surface area contributed by atoms with Crippen molar-refractivity contribution in [3.8, 4) is 0 Å². The van der Waals surface area contributed by atoms with E-state index in [9.17, 15) is 15.0 Å². The van der Waals surface area contributed by atoms with Crippen molar-refractivity contribution in [3.63, 3.8) is 0 Å². The number of nitrogens with one attached hydrogen (secondary N) is 1. The monoisotopic (exact) mass is 602 g/mol. The van der Waals surface area contributed by atoms with Crippen LogP contribution in [0.1, 0.15) is 159 Å². The van der Waals surface area contributed by atoms with Gasteiger partial charge >= 0.3 is 0 Å². The molecule has 0 spiro atoms. The highest BCUT2D eigenvalue weighted by Gasteiger charge is 2.72. The van der Waals surface area contributed by atoms with Crippen molar-refractivity contribution in [1.82, 2.24) is 5.32 Å².